The second-order valence-electron chi connectivity index (χ2n) is 5.79. The summed E-state index contributed by atoms with van der Waals surface area (Å²) in [5.41, 5.74) is 6.31. The Morgan fingerprint density at radius 1 is 1.36 bits per heavy atom. The molecular weight excluding hydrogens is 176 g/mol. The van der Waals surface area contributed by atoms with E-state index in [9.17, 15) is 0 Å². The van der Waals surface area contributed by atoms with Crippen LogP contribution in [0.5, 0.6) is 0 Å². The number of hydrogen-bond acceptors (Lipinski definition) is 3. The molecule has 0 bridgehead atoms. The van der Waals surface area contributed by atoms with Gasteiger partial charge in [0, 0.05) is 18.0 Å². The Morgan fingerprint density at radius 2 is 1.86 bits per heavy atom. The molecule has 3 nitrogen and oxygen atoms in total. The predicted octanol–water partition coefficient (Wildman–Crippen LogP) is 0.938. The van der Waals surface area contributed by atoms with Gasteiger partial charge < -0.3 is 15.4 Å². The van der Waals surface area contributed by atoms with Crippen molar-refractivity contribution in [3.63, 3.8) is 0 Å². The summed E-state index contributed by atoms with van der Waals surface area (Å²) < 4.78 is 5.35. The molecule has 1 aliphatic heterocycles. The number of rotatable bonds is 3. The summed E-state index contributed by atoms with van der Waals surface area (Å²) in [5.74, 6) is 0. The van der Waals surface area contributed by atoms with Crippen LogP contribution in [0.15, 0.2) is 0 Å². The highest BCUT2D eigenvalue weighted by molar-refractivity contribution is 5.01. The van der Waals surface area contributed by atoms with Crippen molar-refractivity contribution in [3.8, 4) is 0 Å². The Kier molecular flexibility index (Phi) is 3.24. The van der Waals surface area contributed by atoms with Gasteiger partial charge in [0.05, 0.1) is 13.2 Å². The quantitative estimate of drug-likeness (QED) is 0.737. The predicted molar refractivity (Wildman–Crippen MR) is 59.2 cm³/mol. The summed E-state index contributed by atoms with van der Waals surface area (Å²) in [6.45, 7) is 9.15. The van der Waals surface area contributed by atoms with E-state index in [0.29, 0.717) is 12.6 Å². The zero-order chi connectivity index (χ0) is 11.0. The molecular formula is C11H24N2O. The van der Waals surface area contributed by atoms with E-state index in [-0.39, 0.29) is 10.8 Å². The van der Waals surface area contributed by atoms with Gasteiger partial charge in [-0.3, -0.25) is 0 Å². The summed E-state index contributed by atoms with van der Waals surface area (Å²) in [7, 11) is 4.26. The Hall–Kier alpha value is -0.120. The van der Waals surface area contributed by atoms with Gasteiger partial charge in [0.2, 0.25) is 0 Å². The van der Waals surface area contributed by atoms with Crippen LogP contribution in [0.25, 0.3) is 0 Å². The molecule has 1 atom stereocenters. The first kappa shape index (κ1) is 12.0. The maximum Gasteiger partial charge on any atom is 0.0572 e. The fourth-order valence-corrected chi connectivity index (χ4v) is 2.99. The molecule has 2 N–H and O–H groups in total. The third kappa shape index (κ3) is 1.95. The summed E-state index contributed by atoms with van der Waals surface area (Å²) >= 11 is 0. The number of hydrogen-bond donors (Lipinski definition) is 1. The molecule has 1 aliphatic rings. The average molecular weight is 200 g/mol. The van der Waals surface area contributed by atoms with Crippen molar-refractivity contribution in [2.24, 2.45) is 16.6 Å². The van der Waals surface area contributed by atoms with E-state index >= 15 is 0 Å². The third-order valence-corrected chi connectivity index (χ3v) is 3.10. The van der Waals surface area contributed by atoms with Gasteiger partial charge in [0.1, 0.15) is 0 Å². The van der Waals surface area contributed by atoms with E-state index in [1.807, 2.05) is 0 Å². The van der Waals surface area contributed by atoms with Gasteiger partial charge in [0.15, 0.2) is 0 Å². The van der Waals surface area contributed by atoms with E-state index in [1.165, 1.54) is 0 Å². The summed E-state index contributed by atoms with van der Waals surface area (Å²) in [6, 6.07) is 0.480. The molecule has 1 rings (SSSR count). The number of nitrogens with zero attached hydrogens (tertiary/aromatic N) is 1. The first-order valence-corrected chi connectivity index (χ1v) is 5.28. The normalized spacial score (nSPS) is 23.4. The Labute approximate surface area is 87.6 Å². The fraction of sp³-hybridized carbons (Fsp3) is 1.00. The van der Waals surface area contributed by atoms with Gasteiger partial charge in [-0.15, -0.1) is 0 Å². The van der Waals surface area contributed by atoms with Gasteiger partial charge in [-0.05, 0) is 19.5 Å². The zero-order valence-corrected chi connectivity index (χ0v) is 10.1. The first-order chi connectivity index (χ1) is 6.33. The van der Waals surface area contributed by atoms with E-state index in [4.69, 9.17) is 10.5 Å². The fourth-order valence-electron chi connectivity index (χ4n) is 2.99. The molecule has 1 saturated heterocycles. The summed E-state index contributed by atoms with van der Waals surface area (Å²) in [5, 5.41) is 0. The van der Waals surface area contributed by atoms with E-state index in [0.717, 1.165) is 13.2 Å². The van der Waals surface area contributed by atoms with Crippen molar-refractivity contribution in [1.29, 1.82) is 0 Å². The molecule has 1 heterocycles. The Balaban J connectivity index is 2.87. The van der Waals surface area contributed by atoms with E-state index in [1.54, 1.807) is 0 Å². The minimum Gasteiger partial charge on any atom is -0.380 e. The lowest BCUT2D eigenvalue weighted by Gasteiger charge is -2.54. The molecule has 14 heavy (non-hydrogen) atoms. The van der Waals surface area contributed by atoms with Crippen molar-refractivity contribution in [2.75, 3.05) is 33.9 Å². The van der Waals surface area contributed by atoms with Gasteiger partial charge in [-0.25, -0.2) is 0 Å². The molecule has 84 valence electrons. The van der Waals surface area contributed by atoms with Crippen molar-refractivity contribution < 1.29 is 4.74 Å². The van der Waals surface area contributed by atoms with Gasteiger partial charge >= 0.3 is 0 Å². The minimum atomic E-state index is 0.168. The molecule has 0 spiro atoms. The monoisotopic (exact) mass is 200 g/mol. The molecule has 0 aromatic carbocycles. The van der Waals surface area contributed by atoms with Crippen LogP contribution in [0.3, 0.4) is 0 Å². The van der Waals surface area contributed by atoms with Crippen LogP contribution in [0.4, 0.5) is 0 Å². The average Bonchev–Trinajstić information content (AvgIpc) is 1.92. The smallest absolute Gasteiger partial charge is 0.0572 e. The highest BCUT2D eigenvalue weighted by atomic mass is 16.5. The second-order valence-corrected chi connectivity index (χ2v) is 5.79. The second kappa shape index (κ2) is 3.80. The SMILES string of the molecule is CN(C)C(C(C)(C)C)C1(CN)COC1. The van der Waals surface area contributed by atoms with Crippen LogP contribution in [0, 0.1) is 10.8 Å². The van der Waals surface area contributed by atoms with Crippen LogP contribution in [0.2, 0.25) is 0 Å². The summed E-state index contributed by atoms with van der Waals surface area (Å²) in [6.07, 6.45) is 0. The topological polar surface area (TPSA) is 38.5 Å². The lowest BCUT2D eigenvalue weighted by molar-refractivity contribution is -0.165. The van der Waals surface area contributed by atoms with E-state index < -0.39 is 0 Å². The third-order valence-electron chi connectivity index (χ3n) is 3.10. The standard InChI is InChI=1S/C11H24N2O/c1-10(2,3)9(13(4)5)11(6-12)7-14-8-11/h9H,6-8,12H2,1-5H3. The lowest BCUT2D eigenvalue weighted by atomic mass is 9.67. The molecule has 0 radical (unpaired) electrons. The summed E-state index contributed by atoms with van der Waals surface area (Å²) in [4.78, 5) is 2.29. The molecule has 0 aromatic heterocycles. The molecule has 0 aromatic rings. The molecule has 3 heteroatoms. The Morgan fingerprint density at radius 3 is 1.93 bits per heavy atom. The minimum absolute atomic E-state index is 0.168. The van der Waals surface area contributed by atoms with Gasteiger partial charge in [-0.2, -0.15) is 0 Å². The first-order valence-electron chi connectivity index (χ1n) is 5.28. The Bertz CT molecular complexity index is 186. The van der Waals surface area contributed by atoms with Crippen LogP contribution in [-0.2, 0) is 4.74 Å². The highest BCUT2D eigenvalue weighted by Gasteiger charge is 2.50. The van der Waals surface area contributed by atoms with Gasteiger partial charge in [-0.1, -0.05) is 20.8 Å². The van der Waals surface area contributed by atoms with Gasteiger partial charge in [0.25, 0.3) is 0 Å². The molecule has 0 aliphatic carbocycles. The van der Waals surface area contributed by atoms with Crippen molar-refractivity contribution in [1.82, 2.24) is 4.90 Å². The van der Waals surface area contributed by atoms with Crippen LogP contribution < -0.4 is 5.73 Å². The van der Waals surface area contributed by atoms with Crippen LogP contribution in [-0.4, -0.2) is 44.8 Å². The zero-order valence-electron chi connectivity index (χ0n) is 10.1. The van der Waals surface area contributed by atoms with Crippen LogP contribution in [0.1, 0.15) is 20.8 Å². The molecule has 1 fully saturated rings. The largest absolute Gasteiger partial charge is 0.380 e. The molecule has 0 amide bonds. The molecule has 0 saturated carbocycles. The van der Waals surface area contributed by atoms with Crippen molar-refractivity contribution in [3.05, 3.63) is 0 Å². The number of ether oxygens (including phenoxy) is 1. The maximum atomic E-state index is 5.90. The molecule has 1 unspecified atom stereocenters. The van der Waals surface area contributed by atoms with Crippen molar-refractivity contribution in [2.45, 2.75) is 26.8 Å². The highest BCUT2D eigenvalue weighted by Crippen LogP contribution is 2.41. The maximum absolute atomic E-state index is 5.90. The van der Waals surface area contributed by atoms with Crippen molar-refractivity contribution >= 4 is 0 Å². The lowest BCUT2D eigenvalue weighted by Crippen LogP contribution is -2.64. The van der Waals surface area contributed by atoms with E-state index in [2.05, 4.69) is 39.8 Å². The van der Waals surface area contributed by atoms with Crippen LogP contribution >= 0.6 is 0 Å². The number of nitrogens with two attached hydrogens (primary N) is 1.